The summed E-state index contributed by atoms with van der Waals surface area (Å²) in [7, 11) is 1.54. The highest BCUT2D eigenvalue weighted by Gasteiger charge is 2.24. The molecule has 0 aliphatic rings. The molecular formula is C19H22N4O4. The maximum Gasteiger partial charge on any atom is 0.259 e. The first-order valence-corrected chi connectivity index (χ1v) is 8.70. The molecule has 3 heterocycles. The first-order valence-electron chi connectivity index (χ1n) is 8.70. The number of hydrogen-bond donors (Lipinski definition) is 1. The van der Waals surface area contributed by atoms with Crippen LogP contribution in [0.3, 0.4) is 0 Å². The van der Waals surface area contributed by atoms with Crippen LogP contribution in [0.5, 0.6) is 0 Å². The molecule has 0 aliphatic carbocycles. The summed E-state index contributed by atoms with van der Waals surface area (Å²) in [5.74, 6) is 0.936. The molecule has 27 heavy (non-hydrogen) atoms. The third-order valence-electron chi connectivity index (χ3n) is 4.45. The molecule has 0 bridgehead atoms. The predicted molar refractivity (Wildman–Crippen MR) is 99.4 cm³/mol. The van der Waals surface area contributed by atoms with Crippen LogP contribution in [0.15, 0.2) is 21.1 Å². The van der Waals surface area contributed by atoms with Crippen LogP contribution >= 0.6 is 0 Å². The maximum atomic E-state index is 13.2. The summed E-state index contributed by atoms with van der Waals surface area (Å²) >= 11 is 0. The Morgan fingerprint density at radius 3 is 2.56 bits per heavy atom. The number of aromatic nitrogens is 2. The van der Waals surface area contributed by atoms with Gasteiger partial charge in [0.15, 0.2) is 0 Å². The summed E-state index contributed by atoms with van der Waals surface area (Å²) in [5.41, 5.74) is 2.60. The molecule has 0 radical (unpaired) electrons. The zero-order valence-electron chi connectivity index (χ0n) is 16.0. The Morgan fingerprint density at radius 2 is 1.96 bits per heavy atom. The zero-order chi connectivity index (χ0) is 19.7. The summed E-state index contributed by atoms with van der Waals surface area (Å²) in [6, 6.07) is 3.57. The van der Waals surface area contributed by atoms with E-state index >= 15 is 0 Å². The first-order chi connectivity index (χ1) is 12.8. The van der Waals surface area contributed by atoms with Crippen molar-refractivity contribution in [1.29, 1.82) is 0 Å². The summed E-state index contributed by atoms with van der Waals surface area (Å²) in [4.78, 5) is 30.9. The van der Waals surface area contributed by atoms with Crippen LogP contribution in [0.25, 0.3) is 22.4 Å². The number of likely N-dealkylation sites (N-methyl/N-ethyl adjacent to an activating group) is 2. The van der Waals surface area contributed by atoms with Crippen LogP contribution in [0, 0.1) is 20.8 Å². The number of nitrogens with zero attached hydrogens (tertiary/aromatic N) is 3. The number of fused-ring (bicyclic) bond motifs is 1. The number of pyridine rings is 1. The second-order valence-corrected chi connectivity index (χ2v) is 6.32. The van der Waals surface area contributed by atoms with E-state index in [1.807, 2.05) is 26.8 Å². The molecule has 0 aliphatic heterocycles. The molecule has 3 rings (SSSR count). The van der Waals surface area contributed by atoms with Gasteiger partial charge in [0.05, 0.1) is 28.9 Å². The number of carbonyl (C=O) groups is 2. The predicted octanol–water partition coefficient (Wildman–Crippen LogP) is 2.62. The lowest BCUT2D eigenvalue weighted by Gasteiger charge is -2.20. The summed E-state index contributed by atoms with van der Waals surface area (Å²) in [5, 5.41) is 7.04. The fourth-order valence-electron chi connectivity index (χ4n) is 3.04. The van der Waals surface area contributed by atoms with Gasteiger partial charge >= 0.3 is 0 Å². The van der Waals surface area contributed by atoms with Crippen molar-refractivity contribution in [1.82, 2.24) is 20.4 Å². The average molecular weight is 370 g/mol. The number of furan rings is 1. The average Bonchev–Trinajstić information content (AvgIpc) is 3.19. The van der Waals surface area contributed by atoms with Crippen LogP contribution < -0.4 is 5.32 Å². The molecule has 2 amide bonds. The molecule has 8 nitrogen and oxygen atoms in total. The van der Waals surface area contributed by atoms with Gasteiger partial charge in [0.25, 0.3) is 11.6 Å². The van der Waals surface area contributed by atoms with Crippen LogP contribution in [-0.4, -0.2) is 47.0 Å². The van der Waals surface area contributed by atoms with E-state index in [0.717, 1.165) is 11.3 Å². The Bertz CT molecular complexity index is 1020. The van der Waals surface area contributed by atoms with Gasteiger partial charge in [0.2, 0.25) is 5.91 Å². The fourth-order valence-corrected chi connectivity index (χ4v) is 3.04. The molecule has 0 atom stereocenters. The SMILES string of the molecule is CCN(CC(=O)NC)C(=O)c1cc(-c2cc(C)oc2C)nc2onc(C)c12. The first kappa shape index (κ1) is 18.6. The summed E-state index contributed by atoms with van der Waals surface area (Å²) in [6.07, 6.45) is 0. The topological polar surface area (TPSA) is 101 Å². The molecule has 3 aromatic heterocycles. The smallest absolute Gasteiger partial charge is 0.259 e. The van der Waals surface area contributed by atoms with Crippen molar-refractivity contribution < 1.29 is 18.5 Å². The Balaban J connectivity index is 2.15. The van der Waals surface area contributed by atoms with Gasteiger partial charge in [0.1, 0.15) is 11.5 Å². The number of rotatable bonds is 5. The van der Waals surface area contributed by atoms with Crippen LogP contribution in [0.4, 0.5) is 0 Å². The van der Waals surface area contributed by atoms with E-state index in [2.05, 4.69) is 15.5 Å². The standard InChI is InChI=1S/C19H22N4O4/c1-6-23(9-16(24)20-5)19(25)14-8-15(13-7-10(2)26-12(13)4)21-18-17(14)11(3)22-27-18/h7-8H,6,9H2,1-5H3,(H,20,24). The third-order valence-corrected chi connectivity index (χ3v) is 4.45. The highest BCUT2D eigenvalue weighted by molar-refractivity contribution is 6.07. The Morgan fingerprint density at radius 1 is 1.22 bits per heavy atom. The largest absolute Gasteiger partial charge is 0.466 e. The Labute approximate surface area is 156 Å². The number of amides is 2. The summed E-state index contributed by atoms with van der Waals surface area (Å²) < 4.78 is 10.9. The summed E-state index contributed by atoms with van der Waals surface area (Å²) in [6.45, 7) is 7.63. The number of hydrogen-bond acceptors (Lipinski definition) is 6. The van der Waals surface area contributed by atoms with Crippen LogP contribution in [-0.2, 0) is 4.79 Å². The van der Waals surface area contributed by atoms with Crippen LogP contribution in [0.2, 0.25) is 0 Å². The third kappa shape index (κ3) is 3.42. The zero-order valence-corrected chi connectivity index (χ0v) is 16.0. The molecular weight excluding hydrogens is 348 g/mol. The van der Waals surface area contributed by atoms with Gasteiger partial charge in [-0.15, -0.1) is 0 Å². The van der Waals surface area contributed by atoms with Gasteiger partial charge in [0, 0.05) is 19.2 Å². The van der Waals surface area contributed by atoms with Crippen LogP contribution in [0.1, 0.15) is 34.5 Å². The molecule has 0 saturated carbocycles. The molecule has 1 N–H and O–H groups in total. The van der Waals surface area contributed by atoms with Crippen molar-refractivity contribution in [2.45, 2.75) is 27.7 Å². The van der Waals surface area contributed by atoms with Gasteiger partial charge in [-0.2, -0.15) is 0 Å². The fraction of sp³-hybridized carbons (Fsp3) is 0.368. The van der Waals surface area contributed by atoms with E-state index < -0.39 is 0 Å². The highest BCUT2D eigenvalue weighted by Crippen LogP contribution is 2.31. The molecule has 0 fully saturated rings. The monoisotopic (exact) mass is 370 g/mol. The molecule has 0 spiro atoms. The van der Waals surface area contributed by atoms with E-state index in [-0.39, 0.29) is 24.1 Å². The minimum atomic E-state index is -0.279. The lowest BCUT2D eigenvalue weighted by atomic mass is 10.0. The van der Waals surface area contributed by atoms with Crippen molar-refractivity contribution in [2.24, 2.45) is 0 Å². The van der Waals surface area contributed by atoms with E-state index in [9.17, 15) is 9.59 Å². The minimum absolute atomic E-state index is 0.0286. The minimum Gasteiger partial charge on any atom is -0.466 e. The number of nitrogens with one attached hydrogen (secondary N) is 1. The highest BCUT2D eigenvalue weighted by atomic mass is 16.5. The van der Waals surface area contributed by atoms with Crippen molar-refractivity contribution in [3.63, 3.8) is 0 Å². The number of carbonyl (C=O) groups excluding carboxylic acids is 2. The normalized spacial score (nSPS) is 11.0. The molecule has 0 aromatic carbocycles. The van der Waals surface area contributed by atoms with E-state index in [4.69, 9.17) is 8.94 Å². The number of aryl methyl sites for hydroxylation is 3. The maximum absolute atomic E-state index is 13.2. The van der Waals surface area contributed by atoms with E-state index in [1.165, 1.54) is 11.9 Å². The Kier molecular flexibility index (Phi) is 4.98. The second-order valence-electron chi connectivity index (χ2n) is 6.32. The molecule has 142 valence electrons. The molecule has 0 unspecified atom stereocenters. The molecule has 3 aromatic rings. The van der Waals surface area contributed by atoms with E-state index in [1.54, 1.807) is 13.0 Å². The van der Waals surface area contributed by atoms with E-state index in [0.29, 0.717) is 34.6 Å². The second kappa shape index (κ2) is 7.22. The van der Waals surface area contributed by atoms with Crippen molar-refractivity contribution in [3.05, 3.63) is 34.9 Å². The van der Waals surface area contributed by atoms with Crippen molar-refractivity contribution in [3.8, 4) is 11.3 Å². The lowest BCUT2D eigenvalue weighted by molar-refractivity contribution is -0.121. The van der Waals surface area contributed by atoms with Crippen molar-refractivity contribution in [2.75, 3.05) is 20.1 Å². The van der Waals surface area contributed by atoms with Gasteiger partial charge < -0.3 is 19.2 Å². The lowest BCUT2D eigenvalue weighted by Crippen LogP contribution is -2.39. The van der Waals surface area contributed by atoms with Gasteiger partial charge in [-0.25, -0.2) is 4.98 Å². The molecule has 8 heteroatoms. The molecule has 0 saturated heterocycles. The Hall–Kier alpha value is -3.16. The van der Waals surface area contributed by atoms with Gasteiger partial charge in [-0.3, -0.25) is 9.59 Å². The van der Waals surface area contributed by atoms with Gasteiger partial charge in [-0.1, -0.05) is 5.16 Å². The van der Waals surface area contributed by atoms with Crippen molar-refractivity contribution >= 4 is 22.9 Å². The van der Waals surface area contributed by atoms with Gasteiger partial charge in [-0.05, 0) is 39.8 Å². The quantitative estimate of drug-likeness (QED) is 0.741.